The van der Waals surface area contributed by atoms with Crippen LogP contribution in [0.1, 0.15) is 20.3 Å². The topological polar surface area (TPSA) is 107 Å². The maximum Gasteiger partial charge on any atom is 0.224 e. The Kier molecular flexibility index (Phi) is 3.54. The molecule has 0 aliphatic heterocycles. The summed E-state index contributed by atoms with van der Waals surface area (Å²) in [4.78, 5) is 18.5. The maximum atomic E-state index is 10.8. The molecule has 0 unspecified atom stereocenters. The zero-order valence-electron chi connectivity index (χ0n) is 9.12. The normalized spacial score (nSPS) is 11.2. The molecule has 0 bridgehead atoms. The lowest BCUT2D eigenvalue weighted by molar-refractivity contribution is -0.118. The average Bonchev–Trinajstić information content (AvgIpc) is 2.08. The number of nitrogens with one attached hydrogen (secondary N) is 1. The number of halogens is 1. The SMILES string of the molecule is CC(C)(CC(N)=O)Nc1nc(Cl)ncc1N. The monoisotopic (exact) mass is 243 g/mol. The fraction of sp³-hybridized carbons (Fsp3) is 0.444. The van der Waals surface area contributed by atoms with Crippen LogP contribution in [0.4, 0.5) is 11.5 Å². The van der Waals surface area contributed by atoms with E-state index in [2.05, 4.69) is 15.3 Å². The highest BCUT2D eigenvalue weighted by atomic mass is 35.5. The van der Waals surface area contributed by atoms with Crippen LogP contribution in [0.15, 0.2) is 6.20 Å². The summed E-state index contributed by atoms with van der Waals surface area (Å²) >= 11 is 5.64. The van der Waals surface area contributed by atoms with Crippen molar-refractivity contribution in [1.82, 2.24) is 9.97 Å². The molecule has 5 N–H and O–H groups in total. The van der Waals surface area contributed by atoms with Crippen molar-refractivity contribution in [3.8, 4) is 0 Å². The summed E-state index contributed by atoms with van der Waals surface area (Å²) in [5, 5.41) is 3.09. The lowest BCUT2D eigenvalue weighted by atomic mass is 10.0. The molecule has 1 aromatic heterocycles. The Morgan fingerprint density at radius 1 is 1.62 bits per heavy atom. The second-order valence-electron chi connectivity index (χ2n) is 4.09. The number of nitrogen functional groups attached to an aromatic ring is 1. The van der Waals surface area contributed by atoms with Crippen molar-refractivity contribution in [3.63, 3.8) is 0 Å². The first-order valence-electron chi connectivity index (χ1n) is 4.65. The Bertz CT molecular complexity index is 407. The third-order valence-electron chi connectivity index (χ3n) is 1.86. The number of carbonyl (C=O) groups excluding carboxylic acids is 1. The minimum atomic E-state index is -0.544. The molecule has 1 aromatic rings. The molecule has 0 spiro atoms. The van der Waals surface area contributed by atoms with Gasteiger partial charge in [0.2, 0.25) is 11.2 Å². The van der Waals surface area contributed by atoms with Crippen LogP contribution >= 0.6 is 11.6 Å². The first-order valence-corrected chi connectivity index (χ1v) is 5.02. The number of primary amides is 1. The third-order valence-corrected chi connectivity index (χ3v) is 2.04. The maximum absolute atomic E-state index is 10.8. The molecule has 0 aromatic carbocycles. The quantitative estimate of drug-likeness (QED) is 0.678. The molecule has 88 valence electrons. The standard InChI is InChI=1S/C9H14ClN5O/c1-9(2,3-6(12)16)15-7-5(11)4-13-8(10)14-7/h4H,3,11H2,1-2H3,(H2,12,16)(H,13,14,15). The highest BCUT2D eigenvalue weighted by Crippen LogP contribution is 2.22. The molecule has 16 heavy (non-hydrogen) atoms. The van der Waals surface area contributed by atoms with Gasteiger partial charge in [0.1, 0.15) is 0 Å². The van der Waals surface area contributed by atoms with E-state index in [-0.39, 0.29) is 11.7 Å². The fourth-order valence-electron chi connectivity index (χ4n) is 1.27. The van der Waals surface area contributed by atoms with Crippen molar-refractivity contribution in [3.05, 3.63) is 11.5 Å². The molecule has 0 radical (unpaired) electrons. The molecule has 1 heterocycles. The lowest BCUT2D eigenvalue weighted by Gasteiger charge is -2.25. The molecule has 7 heteroatoms. The second-order valence-corrected chi connectivity index (χ2v) is 4.43. The molecule has 0 fully saturated rings. The van der Waals surface area contributed by atoms with Gasteiger partial charge in [-0.25, -0.2) is 4.98 Å². The van der Waals surface area contributed by atoms with Gasteiger partial charge in [0.15, 0.2) is 5.82 Å². The summed E-state index contributed by atoms with van der Waals surface area (Å²) in [5.41, 5.74) is 10.6. The van der Waals surface area contributed by atoms with Gasteiger partial charge in [-0.05, 0) is 25.4 Å². The van der Waals surface area contributed by atoms with Crippen LogP contribution in [-0.2, 0) is 4.79 Å². The molecular weight excluding hydrogens is 230 g/mol. The number of hydrogen-bond acceptors (Lipinski definition) is 5. The molecule has 0 aliphatic carbocycles. The molecule has 0 saturated heterocycles. The Morgan fingerprint density at radius 2 is 2.25 bits per heavy atom. The van der Waals surface area contributed by atoms with Crippen LogP contribution in [0, 0.1) is 0 Å². The van der Waals surface area contributed by atoms with Crippen LogP contribution in [0.25, 0.3) is 0 Å². The molecule has 6 nitrogen and oxygen atoms in total. The van der Waals surface area contributed by atoms with Crippen LogP contribution in [0.3, 0.4) is 0 Å². The van der Waals surface area contributed by atoms with Gasteiger partial charge in [-0.2, -0.15) is 4.98 Å². The van der Waals surface area contributed by atoms with Gasteiger partial charge in [0.25, 0.3) is 0 Å². The van der Waals surface area contributed by atoms with E-state index in [1.54, 1.807) is 0 Å². The summed E-state index contributed by atoms with van der Waals surface area (Å²) in [5.74, 6) is -0.0116. The Labute approximate surface area is 98.4 Å². The van der Waals surface area contributed by atoms with E-state index in [9.17, 15) is 4.79 Å². The number of aromatic nitrogens is 2. The van der Waals surface area contributed by atoms with E-state index in [1.165, 1.54) is 6.20 Å². The van der Waals surface area contributed by atoms with E-state index in [4.69, 9.17) is 23.1 Å². The van der Waals surface area contributed by atoms with Crippen molar-refractivity contribution in [2.24, 2.45) is 5.73 Å². The van der Waals surface area contributed by atoms with Crippen molar-refractivity contribution in [2.45, 2.75) is 25.8 Å². The van der Waals surface area contributed by atoms with Crippen LogP contribution < -0.4 is 16.8 Å². The third kappa shape index (κ3) is 3.54. The summed E-state index contributed by atoms with van der Waals surface area (Å²) < 4.78 is 0. The van der Waals surface area contributed by atoms with E-state index < -0.39 is 11.4 Å². The molecule has 0 atom stereocenters. The van der Waals surface area contributed by atoms with Crippen molar-refractivity contribution in [1.29, 1.82) is 0 Å². The van der Waals surface area contributed by atoms with E-state index in [0.717, 1.165) is 0 Å². The van der Waals surface area contributed by atoms with E-state index in [0.29, 0.717) is 11.5 Å². The van der Waals surface area contributed by atoms with Crippen molar-refractivity contribution >= 4 is 29.0 Å². The molecule has 0 aliphatic rings. The number of anilines is 2. The number of nitrogens with zero attached hydrogens (tertiary/aromatic N) is 2. The predicted molar refractivity (Wildman–Crippen MR) is 63.0 cm³/mol. The zero-order valence-corrected chi connectivity index (χ0v) is 9.88. The van der Waals surface area contributed by atoms with Gasteiger partial charge in [0, 0.05) is 12.0 Å². The van der Waals surface area contributed by atoms with E-state index >= 15 is 0 Å². The molecular formula is C9H14ClN5O. The second kappa shape index (κ2) is 4.52. The van der Waals surface area contributed by atoms with Crippen molar-refractivity contribution in [2.75, 3.05) is 11.1 Å². The summed E-state index contributed by atoms with van der Waals surface area (Å²) in [7, 11) is 0. The van der Waals surface area contributed by atoms with Crippen molar-refractivity contribution < 1.29 is 4.79 Å². The highest BCUT2D eigenvalue weighted by molar-refractivity contribution is 6.28. The zero-order chi connectivity index (χ0) is 12.3. The lowest BCUT2D eigenvalue weighted by Crippen LogP contribution is -2.36. The summed E-state index contributed by atoms with van der Waals surface area (Å²) in [6, 6.07) is 0. The smallest absolute Gasteiger partial charge is 0.224 e. The number of amides is 1. The number of rotatable bonds is 4. The largest absolute Gasteiger partial charge is 0.394 e. The number of nitrogens with two attached hydrogens (primary N) is 2. The van der Waals surface area contributed by atoms with Crippen LogP contribution in [-0.4, -0.2) is 21.4 Å². The Morgan fingerprint density at radius 3 is 2.81 bits per heavy atom. The average molecular weight is 244 g/mol. The number of hydrogen-bond donors (Lipinski definition) is 3. The fourth-order valence-corrected chi connectivity index (χ4v) is 1.40. The molecule has 0 saturated carbocycles. The first kappa shape index (κ1) is 12.5. The van der Waals surface area contributed by atoms with Gasteiger partial charge < -0.3 is 16.8 Å². The molecule has 1 rings (SSSR count). The van der Waals surface area contributed by atoms with Gasteiger partial charge in [-0.1, -0.05) is 0 Å². The minimum Gasteiger partial charge on any atom is -0.394 e. The van der Waals surface area contributed by atoms with Crippen LogP contribution in [0.5, 0.6) is 0 Å². The van der Waals surface area contributed by atoms with E-state index in [1.807, 2.05) is 13.8 Å². The van der Waals surface area contributed by atoms with Gasteiger partial charge in [0.05, 0.1) is 11.9 Å². The van der Waals surface area contributed by atoms with Gasteiger partial charge in [-0.15, -0.1) is 0 Å². The molecule has 1 amide bonds. The highest BCUT2D eigenvalue weighted by Gasteiger charge is 2.22. The van der Waals surface area contributed by atoms with Gasteiger partial charge >= 0.3 is 0 Å². The summed E-state index contributed by atoms with van der Waals surface area (Å²) in [6.07, 6.45) is 1.56. The van der Waals surface area contributed by atoms with Crippen LogP contribution in [0.2, 0.25) is 5.28 Å². The summed E-state index contributed by atoms with van der Waals surface area (Å²) in [6.45, 7) is 3.63. The first-order chi connectivity index (χ1) is 7.30. The number of carbonyl (C=O) groups is 1. The minimum absolute atomic E-state index is 0.0894. The Balaban J connectivity index is 2.86. The Hall–Kier alpha value is -1.56. The predicted octanol–water partition coefficient (Wildman–Crippen LogP) is 0.778. The van der Waals surface area contributed by atoms with Gasteiger partial charge in [-0.3, -0.25) is 4.79 Å².